The number of aromatic nitrogens is 1. The van der Waals surface area contributed by atoms with Crippen molar-refractivity contribution in [2.45, 2.75) is 45.1 Å². The third kappa shape index (κ3) is 4.26. The van der Waals surface area contributed by atoms with Crippen molar-refractivity contribution in [3.8, 4) is 17.0 Å². The van der Waals surface area contributed by atoms with Gasteiger partial charge in [0.25, 0.3) is 5.91 Å². The molecule has 188 valence electrons. The lowest BCUT2D eigenvalue weighted by Crippen LogP contribution is -2.63. The third-order valence-electron chi connectivity index (χ3n) is 8.30. The number of rotatable bonds is 4. The van der Waals surface area contributed by atoms with Crippen LogP contribution in [0.4, 0.5) is 4.79 Å². The number of alkyl carbamates (subject to hydrolysis) is 1. The van der Waals surface area contributed by atoms with E-state index >= 15 is 0 Å². The Labute approximate surface area is 205 Å². The summed E-state index contributed by atoms with van der Waals surface area (Å²) in [6, 6.07) is 7.47. The number of ether oxygens (including phenoxy) is 2. The normalized spacial score (nSPS) is 26.2. The van der Waals surface area contributed by atoms with Gasteiger partial charge in [-0.15, -0.1) is 0 Å². The van der Waals surface area contributed by atoms with E-state index in [-0.39, 0.29) is 23.3 Å². The molecule has 2 unspecified atom stereocenters. The predicted molar refractivity (Wildman–Crippen MR) is 129 cm³/mol. The smallest absolute Gasteiger partial charge is 0.407 e. The minimum absolute atomic E-state index is 0.0374. The summed E-state index contributed by atoms with van der Waals surface area (Å²) < 4.78 is 16.7. The van der Waals surface area contributed by atoms with Gasteiger partial charge in [-0.1, -0.05) is 12.1 Å². The second-order valence-corrected chi connectivity index (χ2v) is 10.3. The Balaban J connectivity index is 1.33. The predicted octanol–water partition coefficient (Wildman–Crippen LogP) is 3.38. The molecule has 35 heavy (non-hydrogen) atoms. The molecule has 2 amide bonds. The maximum Gasteiger partial charge on any atom is 0.407 e. The summed E-state index contributed by atoms with van der Waals surface area (Å²) in [7, 11) is 1.62. The second-order valence-electron chi connectivity index (χ2n) is 10.3. The van der Waals surface area contributed by atoms with Crippen LogP contribution in [0.5, 0.6) is 5.75 Å². The van der Waals surface area contributed by atoms with E-state index < -0.39 is 5.60 Å². The van der Waals surface area contributed by atoms with Crippen molar-refractivity contribution < 1.29 is 23.6 Å². The summed E-state index contributed by atoms with van der Waals surface area (Å²) in [6.45, 7) is 7.68. The molecule has 3 aliphatic heterocycles. The molecule has 2 aromatic rings. The molecule has 0 aliphatic carbocycles. The highest BCUT2D eigenvalue weighted by Gasteiger charge is 2.54. The zero-order valence-corrected chi connectivity index (χ0v) is 20.7. The number of carbonyl (C=O) groups excluding carboxylic acids is 2. The molecule has 9 nitrogen and oxygen atoms in total. The van der Waals surface area contributed by atoms with Crippen LogP contribution in [0.25, 0.3) is 11.3 Å². The van der Waals surface area contributed by atoms with Crippen LogP contribution >= 0.6 is 0 Å². The van der Waals surface area contributed by atoms with Crippen LogP contribution in [0.3, 0.4) is 0 Å². The molecule has 1 aromatic carbocycles. The Morgan fingerprint density at radius 1 is 1.14 bits per heavy atom. The van der Waals surface area contributed by atoms with Crippen molar-refractivity contribution in [1.82, 2.24) is 20.7 Å². The maximum absolute atomic E-state index is 13.6. The van der Waals surface area contributed by atoms with E-state index in [1.807, 2.05) is 29.2 Å². The quantitative estimate of drug-likeness (QED) is 0.688. The van der Waals surface area contributed by atoms with Crippen molar-refractivity contribution >= 4 is 12.0 Å². The molecule has 0 bridgehead atoms. The van der Waals surface area contributed by atoms with E-state index in [0.29, 0.717) is 36.7 Å². The van der Waals surface area contributed by atoms with E-state index in [1.54, 1.807) is 14.0 Å². The van der Waals surface area contributed by atoms with E-state index in [2.05, 4.69) is 22.7 Å². The van der Waals surface area contributed by atoms with E-state index in [0.717, 1.165) is 50.1 Å². The summed E-state index contributed by atoms with van der Waals surface area (Å²) in [5.41, 5.74) is 1.42. The van der Waals surface area contributed by atoms with Gasteiger partial charge in [0.05, 0.1) is 7.11 Å². The van der Waals surface area contributed by atoms with Crippen molar-refractivity contribution in [2.75, 3.05) is 39.8 Å². The SMILES string of the molecule is COc1ccc(-c2noc(C)c2C(=O)N2CCC(C)(C3CNCCC34CCNC(=O)O4)CC2)cc1. The summed E-state index contributed by atoms with van der Waals surface area (Å²) in [4.78, 5) is 27.7. The average Bonchev–Trinajstić information content (AvgIpc) is 3.25. The van der Waals surface area contributed by atoms with Crippen molar-refractivity contribution in [1.29, 1.82) is 0 Å². The largest absolute Gasteiger partial charge is 0.497 e. The summed E-state index contributed by atoms with van der Waals surface area (Å²) >= 11 is 0. The van der Waals surface area contributed by atoms with Crippen LogP contribution < -0.4 is 15.4 Å². The fourth-order valence-corrected chi connectivity index (χ4v) is 6.15. The average molecular weight is 483 g/mol. The van der Waals surface area contributed by atoms with Gasteiger partial charge in [-0.2, -0.15) is 0 Å². The lowest BCUT2D eigenvalue weighted by molar-refractivity contribution is -0.122. The number of nitrogens with one attached hydrogen (secondary N) is 2. The highest BCUT2D eigenvalue weighted by molar-refractivity contribution is 6.00. The van der Waals surface area contributed by atoms with Crippen LogP contribution in [0.1, 0.15) is 48.7 Å². The number of nitrogens with zero attached hydrogens (tertiary/aromatic N) is 2. The van der Waals surface area contributed by atoms with Crippen LogP contribution in [0.15, 0.2) is 28.8 Å². The number of hydrogen-bond donors (Lipinski definition) is 2. The fraction of sp³-hybridized carbons (Fsp3) is 0.577. The van der Waals surface area contributed by atoms with Gasteiger partial charge in [0, 0.05) is 50.5 Å². The number of likely N-dealkylation sites (tertiary alicyclic amines) is 1. The number of carbonyl (C=O) groups is 2. The van der Waals surface area contributed by atoms with Gasteiger partial charge >= 0.3 is 6.09 Å². The number of piperidine rings is 2. The Bertz CT molecular complexity index is 1090. The first-order valence-corrected chi connectivity index (χ1v) is 12.4. The molecule has 0 saturated carbocycles. The number of aryl methyl sites for hydroxylation is 1. The number of amides is 2. The van der Waals surface area contributed by atoms with Crippen LogP contribution in [0, 0.1) is 18.3 Å². The van der Waals surface area contributed by atoms with E-state index in [1.165, 1.54) is 0 Å². The minimum atomic E-state index is -0.429. The number of hydrogen-bond acceptors (Lipinski definition) is 7. The van der Waals surface area contributed by atoms with Gasteiger partial charge in [0.1, 0.15) is 28.4 Å². The Hall–Kier alpha value is -3.07. The maximum atomic E-state index is 13.6. The molecule has 4 heterocycles. The molecule has 1 aromatic heterocycles. The van der Waals surface area contributed by atoms with Gasteiger partial charge in [-0.3, -0.25) is 4.79 Å². The molecule has 2 atom stereocenters. The molecule has 9 heteroatoms. The standard InChI is InChI=1S/C26H34N4O5/c1-17-21(22(29-35-17)18-4-6-19(33-3)7-5-18)23(31)30-14-10-25(2,11-15-30)20-16-27-12-8-26(20)9-13-28-24(32)34-26/h4-7,20,27H,8-16H2,1-3H3,(H,28,32). The van der Waals surface area contributed by atoms with E-state index in [9.17, 15) is 9.59 Å². The van der Waals surface area contributed by atoms with E-state index in [4.69, 9.17) is 14.0 Å². The lowest BCUT2D eigenvalue weighted by Gasteiger charge is -2.55. The van der Waals surface area contributed by atoms with Gasteiger partial charge in [-0.05, 0) is 56.0 Å². The van der Waals surface area contributed by atoms with Gasteiger partial charge in [-0.25, -0.2) is 4.79 Å². The second kappa shape index (κ2) is 9.18. The molecule has 0 radical (unpaired) electrons. The third-order valence-corrected chi connectivity index (χ3v) is 8.30. The zero-order valence-electron chi connectivity index (χ0n) is 20.7. The van der Waals surface area contributed by atoms with Crippen LogP contribution in [0.2, 0.25) is 0 Å². The molecule has 3 saturated heterocycles. The number of benzene rings is 1. The molecule has 3 aliphatic rings. The zero-order chi connectivity index (χ0) is 24.6. The molecular formula is C26H34N4O5. The van der Waals surface area contributed by atoms with Crippen molar-refractivity contribution in [2.24, 2.45) is 11.3 Å². The van der Waals surface area contributed by atoms with Crippen LogP contribution in [-0.4, -0.2) is 67.5 Å². The van der Waals surface area contributed by atoms with Crippen molar-refractivity contribution in [3.05, 3.63) is 35.6 Å². The molecular weight excluding hydrogens is 448 g/mol. The topological polar surface area (TPSA) is 106 Å². The molecule has 1 spiro atoms. The van der Waals surface area contributed by atoms with Gasteiger partial charge in [0.15, 0.2) is 0 Å². The minimum Gasteiger partial charge on any atom is -0.497 e. The summed E-state index contributed by atoms with van der Waals surface area (Å²) in [5, 5.41) is 10.5. The summed E-state index contributed by atoms with van der Waals surface area (Å²) in [5.74, 6) is 1.42. The fourth-order valence-electron chi connectivity index (χ4n) is 6.15. The lowest BCUT2D eigenvalue weighted by atomic mass is 9.60. The highest BCUT2D eigenvalue weighted by atomic mass is 16.6. The Kier molecular flexibility index (Phi) is 6.21. The molecule has 5 rings (SSSR count). The van der Waals surface area contributed by atoms with Gasteiger partial charge in [0.2, 0.25) is 0 Å². The Morgan fingerprint density at radius 2 is 1.86 bits per heavy atom. The van der Waals surface area contributed by atoms with Crippen molar-refractivity contribution in [3.63, 3.8) is 0 Å². The number of methoxy groups -OCH3 is 1. The molecule has 2 N–H and O–H groups in total. The highest BCUT2D eigenvalue weighted by Crippen LogP contribution is 2.49. The molecule has 3 fully saturated rings. The summed E-state index contributed by atoms with van der Waals surface area (Å²) in [6.07, 6.45) is 3.04. The Morgan fingerprint density at radius 3 is 2.54 bits per heavy atom. The monoisotopic (exact) mass is 482 g/mol. The first kappa shape index (κ1) is 23.7. The van der Waals surface area contributed by atoms with Gasteiger partial charge < -0.3 is 29.5 Å². The first-order valence-electron chi connectivity index (χ1n) is 12.4. The first-order chi connectivity index (χ1) is 16.8. The van der Waals surface area contributed by atoms with Crippen LogP contribution in [-0.2, 0) is 4.74 Å².